The molecule has 0 aliphatic rings. The fraction of sp³-hybridized carbons (Fsp3) is 0.857. The molecule has 0 saturated carbocycles. The van der Waals surface area contributed by atoms with Crippen LogP contribution in [0.2, 0.25) is 0 Å². The molecule has 0 radical (unpaired) electrons. The van der Waals surface area contributed by atoms with E-state index in [-0.39, 0.29) is 6.67 Å². The van der Waals surface area contributed by atoms with Gasteiger partial charge in [-0.15, -0.1) is 4.68 Å². The Kier molecular flexibility index (Phi) is 8.43. The van der Waals surface area contributed by atoms with Crippen LogP contribution in [-0.4, -0.2) is 16.5 Å². The number of nitrogens with zero attached hydrogens (tertiary/aromatic N) is 3. The summed E-state index contributed by atoms with van der Waals surface area (Å²) in [5, 5.41) is 4.21. The maximum Gasteiger partial charge on any atom is 0.265 e. The van der Waals surface area contributed by atoms with E-state index in [1.54, 1.807) is 10.9 Å². The number of aryl methyl sites for hydroxylation is 2. The third-order valence-electron chi connectivity index (χ3n) is 3.21. The van der Waals surface area contributed by atoms with Gasteiger partial charge in [0.2, 0.25) is 6.33 Å². The van der Waals surface area contributed by atoms with Crippen LogP contribution in [0.5, 0.6) is 0 Å². The standard InChI is InChI=1S/C14H27FN3/c1-2-3-4-5-6-7-8-9-11-18-14-17(12-10-15)13-16-18/h13-14H,2-12H2,1H3/q+1. The van der Waals surface area contributed by atoms with Crippen molar-refractivity contribution in [1.82, 2.24) is 9.78 Å². The minimum Gasteiger partial charge on any atom is -0.248 e. The first-order valence-electron chi connectivity index (χ1n) is 7.34. The van der Waals surface area contributed by atoms with Crippen LogP contribution in [0.15, 0.2) is 12.7 Å². The average molecular weight is 256 g/mol. The highest BCUT2D eigenvalue weighted by Crippen LogP contribution is 2.08. The smallest absolute Gasteiger partial charge is 0.248 e. The molecule has 0 fully saturated rings. The Morgan fingerprint density at radius 3 is 2.39 bits per heavy atom. The maximum absolute atomic E-state index is 12.1. The van der Waals surface area contributed by atoms with Gasteiger partial charge < -0.3 is 0 Å². The number of hydrogen-bond donors (Lipinski definition) is 0. The molecule has 0 aliphatic heterocycles. The third-order valence-corrected chi connectivity index (χ3v) is 3.21. The van der Waals surface area contributed by atoms with Crippen LogP contribution in [0.25, 0.3) is 0 Å². The van der Waals surface area contributed by atoms with Crippen LogP contribution >= 0.6 is 0 Å². The van der Waals surface area contributed by atoms with Crippen molar-refractivity contribution < 1.29 is 8.96 Å². The summed E-state index contributed by atoms with van der Waals surface area (Å²) in [6.07, 6.45) is 14.2. The van der Waals surface area contributed by atoms with Crippen molar-refractivity contribution in [1.29, 1.82) is 0 Å². The molecule has 0 aliphatic carbocycles. The largest absolute Gasteiger partial charge is 0.265 e. The lowest BCUT2D eigenvalue weighted by atomic mass is 10.1. The van der Waals surface area contributed by atoms with Gasteiger partial charge in [-0.05, 0) is 6.42 Å². The van der Waals surface area contributed by atoms with Gasteiger partial charge in [-0.3, -0.25) is 0 Å². The Labute approximate surface area is 110 Å². The van der Waals surface area contributed by atoms with Crippen LogP contribution in [-0.2, 0) is 13.1 Å². The van der Waals surface area contributed by atoms with E-state index in [9.17, 15) is 4.39 Å². The zero-order valence-corrected chi connectivity index (χ0v) is 11.7. The second-order valence-corrected chi connectivity index (χ2v) is 4.91. The normalized spacial score (nSPS) is 11.0. The summed E-state index contributed by atoms with van der Waals surface area (Å²) >= 11 is 0. The van der Waals surface area contributed by atoms with Crippen molar-refractivity contribution in [2.75, 3.05) is 6.67 Å². The lowest BCUT2D eigenvalue weighted by molar-refractivity contribution is -0.697. The molecule has 1 aromatic rings. The minimum absolute atomic E-state index is 0.325. The van der Waals surface area contributed by atoms with Gasteiger partial charge in [0.05, 0.1) is 6.54 Å². The lowest BCUT2D eigenvalue weighted by Gasteiger charge is -1.99. The molecular weight excluding hydrogens is 229 g/mol. The number of hydrogen-bond acceptors (Lipinski definition) is 1. The molecule has 3 nitrogen and oxygen atoms in total. The third kappa shape index (κ3) is 6.72. The van der Waals surface area contributed by atoms with E-state index >= 15 is 0 Å². The van der Waals surface area contributed by atoms with E-state index in [2.05, 4.69) is 12.0 Å². The van der Waals surface area contributed by atoms with E-state index in [0.29, 0.717) is 6.54 Å². The topological polar surface area (TPSA) is 21.7 Å². The summed E-state index contributed by atoms with van der Waals surface area (Å²) in [7, 11) is 0. The molecule has 0 atom stereocenters. The van der Waals surface area contributed by atoms with Gasteiger partial charge in [0, 0.05) is 5.10 Å². The zero-order valence-electron chi connectivity index (χ0n) is 11.7. The van der Waals surface area contributed by atoms with Crippen molar-refractivity contribution in [2.45, 2.75) is 71.4 Å². The highest BCUT2D eigenvalue weighted by molar-refractivity contribution is 4.49. The van der Waals surface area contributed by atoms with Gasteiger partial charge in [0.15, 0.2) is 0 Å². The Morgan fingerprint density at radius 1 is 1.06 bits per heavy atom. The zero-order chi connectivity index (χ0) is 13.1. The van der Waals surface area contributed by atoms with Crippen LogP contribution in [0.1, 0.15) is 58.3 Å². The molecule has 104 valence electrons. The summed E-state index contributed by atoms with van der Waals surface area (Å²) in [6, 6.07) is 0. The summed E-state index contributed by atoms with van der Waals surface area (Å²) in [5.74, 6) is 0. The van der Waals surface area contributed by atoms with Gasteiger partial charge >= 0.3 is 0 Å². The van der Waals surface area contributed by atoms with Crippen molar-refractivity contribution in [2.24, 2.45) is 0 Å². The monoisotopic (exact) mass is 256 g/mol. The van der Waals surface area contributed by atoms with Crippen LogP contribution in [0.4, 0.5) is 4.39 Å². The number of aromatic nitrogens is 3. The highest BCUT2D eigenvalue weighted by atomic mass is 19.1. The second kappa shape index (κ2) is 10.0. The fourth-order valence-electron chi connectivity index (χ4n) is 2.10. The van der Waals surface area contributed by atoms with E-state index in [0.717, 1.165) is 6.54 Å². The summed E-state index contributed by atoms with van der Waals surface area (Å²) < 4.78 is 15.8. The molecule has 0 bridgehead atoms. The number of rotatable bonds is 11. The molecule has 18 heavy (non-hydrogen) atoms. The van der Waals surface area contributed by atoms with Crippen molar-refractivity contribution in [3.63, 3.8) is 0 Å². The molecule has 0 N–H and O–H groups in total. The van der Waals surface area contributed by atoms with Gasteiger partial charge in [-0.1, -0.05) is 51.9 Å². The molecule has 0 unspecified atom stereocenters. The molecule has 0 amide bonds. The molecule has 1 aromatic heterocycles. The Bertz CT molecular complexity index is 299. The second-order valence-electron chi connectivity index (χ2n) is 4.91. The van der Waals surface area contributed by atoms with Gasteiger partial charge in [0.25, 0.3) is 6.33 Å². The lowest BCUT2D eigenvalue weighted by Crippen LogP contribution is -2.32. The van der Waals surface area contributed by atoms with E-state index in [1.807, 2.05) is 11.0 Å². The Morgan fingerprint density at radius 2 is 1.72 bits per heavy atom. The fourth-order valence-corrected chi connectivity index (χ4v) is 2.10. The molecule has 0 saturated heterocycles. The van der Waals surface area contributed by atoms with E-state index in [4.69, 9.17) is 0 Å². The molecule has 4 heteroatoms. The first-order valence-corrected chi connectivity index (χ1v) is 7.34. The number of alkyl halides is 1. The predicted molar refractivity (Wildman–Crippen MR) is 71.0 cm³/mol. The summed E-state index contributed by atoms with van der Waals surface area (Å²) in [4.78, 5) is 0. The van der Waals surface area contributed by atoms with E-state index < -0.39 is 0 Å². The Hall–Kier alpha value is -0.930. The minimum atomic E-state index is -0.325. The van der Waals surface area contributed by atoms with Crippen LogP contribution in [0.3, 0.4) is 0 Å². The quantitative estimate of drug-likeness (QED) is 0.440. The van der Waals surface area contributed by atoms with Crippen LogP contribution in [0, 0.1) is 0 Å². The number of unbranched alkanes of at least 4 members (excludes halogenated alkanes) is 7. The first-order chi connectivity index (χ1) is 8.86. The Balaban J connectivity index is 1.96. The average Bonchev–Trinajstić information content (AvgIpc) is 2.81. The molecule has 1 heterocycles. The summed E-state index contributed by atoms with van der Waals surface area (Å²) in [5.41, 5.74) is 0. The highest BCUT2D eigenvalue weighted by Gasteiger charge is 2.04. The van der Waals surface area contributed by atoms with Crippen molar-refractivity contribution in [3.05, 3.63) is 12.7 Å². The summed E-state index contributed by atoms with van der Waals surface area (Å²) in [6.45, 7) is 3.29. The maximum atomic E-state index is 12.1. The molecule has 0 aromatic carbocycles. The molecular formula is C14H27FN3+. The molecule has 1 rings (SSSR count). The molecule has 0 spiro atoms. The van der Waals surface area contributed by atoms with Crippen LogP contribution < -0.4 is 4.57 Å². The number of halogens is 1. The predicted octanol–water partition coefficient (Wildman–Crippen LogP) is 3.28. The van der Waals surface area contributed by atoms with E-state index in [1.165, 1.54) is 51.4 Å². The van der Waals surface area contributed by atoms with Crippen molar-refractivity contribution in [3.8, 4) is 0 Å². The SMILES string of the molecule is CCCCCCCCCCn1c[n+](CCF)cn1. The first kappa shape index (κ1) is 15.1. The van der Waals surface area contributed by atoms with Gasteiger partial charge in [-0.25, -0.2) is 8.96 Å². The van der Waals surface area contributed by atoms with Gasteiger partial charge in [0.1, 0.15) is 13.2 Å². The van der Waals surface area contributed by atoms with Gasteiger partial charge in [-0.2, -0.15) is 0 Å². The van der Waals surface area contributed by atoms with Crippen molar-refractivity contribution >= 4 is 0 Å².